The Bertz CT molecular complexity index is 2930. The third-order valence-electron chi connectivity index (χ3n) is 11.3. The molecule has 0 heterocycles. The summed E-state index contributed by atoms with van der Waals surface area (Å²) < 4.78 is 12.8. The third-order valence-corrected chi connectivity index (χ3v) is 11.3. The van der Waals surface area contributed by atoms with Gasteiger partial charge in [0.05, 0.1) is 16.5 Å². The number of carboxylic acids is 4. The first-order valence-corrected chi connectivity index (χ1v) is 19.7. The van der Waals surface area contributed by atoms with Crippen LogP contribution in [0.1, 0.15) is 63.7 Å². The van der Waals surface area contributed by atoms with Gasteiger partial charge in [0.1, 0.15) is 34.1 Å². The highest BCUT2D eigenvalue weighted by atomic mass is 16.5. The minimum absolute atomic E-state index is 0.137. The fourth-order valence-electron chi connectivity index (χ4n) is 8.68. The maximum absolute atomic E-state index is 12.5. The van der Waals surface area contributed by atoms with Crippen molar-refractivity contribution in [1.82, 2.24) is 0 Å². The SMILES string of the molecule is O=C(O)c1cccc(Oc2ccc(C3(c4ccc(Oc5cccc(C(=O)O)c5C(=O)O)c(-c5ccccc5)c4)c4ccccc4-c4ccccc43)cc2-c2ccccc2)c1C(=O)O. The van der Waals surface area contributed by atoms with Crippen molar-refractivity contribution < 1.29 is 49.1 Å². The van der Waals surface area contributed by atoms with Crippen LogP contribution in [0, 0.1) is 0 Å². The van der Waals surface area contributed by atoms with Crippen LogP contribution in [-0.4, -0.2) is 44.3 Å². The number of benzene rings is 8. The molecule has 10 nitrogen and oxygen atoms in total. The molecule has 0 spiro atoms. The van der Waals surface area contributed by atoms with Crippen molar-refractivity contribution in [2.75, 3.05) is 0 Å². The van der Waals surface area contributed by atoms with Crippen LogP contribution in [0.3, 0.4) is 0 Å². The molecule has 0 amide bonds. The van der Waals surface area contributed by atoms with Crippen molar-refractivity contribution in [3.05, 3.63) is 226 Å². The highest BCUT2D eigenvalue weighted by Crippen LogP contribution is 2.58. The van der Waals surface area contributed by atoms with Gasteiger partial charge in [-0.3, -0.25) is 0 Å². The molecule has 10 heteroatoms. The van der Waals surface area contributed by atoms with E-state index in [1.807, 2.05) is 109 Å². The first-order valence-electron chi connectivity index (χ1n) is 19.7. The van der Waals surface area contributed by atoms with Crippen molar-refractivity contribution in [2.24, 2.45) is 0 Å². The van der Waals surface area contributed by atoms with Gasteiger partial charge in [0.25, 0.3) is 0 Å². The van der Waals surface area contributed by atoms with E-state index < -0.39 is 51.5 Å². The molecule has 0 atom stereocenters. The van der Waals surface area contributed by atoms with E-state index in [4.69, 9.17) is 9.47 Å². The van der Waals surface area contributed by atoms with Gasteiger partial charge in [-0.25, -0.2) is 19.2 Å². The van der Waals surface area contributed by atoms with Gasteiger partial charge in [-0.15, -0.1) is 0 Å². The van der Waals surface area contributed by atoms with Crippen LogP contribution < -0.4 is 9.47 Å². The second-order valence-electron chi connectivity index (χ2n) is 14.8. The Balaban J connectivity index is 1.31. The van der Waals surface area contributed by atoms with Crippen LogP contribution in [0.4, 0.5) is 0 Å². The van der Waals surface area contributed by atoms with Gasteiger partial charge in [-0.05, 0) is 93.0 Å². The highest BCUT2D eigenvalue weighted by molar-refractivity contribution is 6.05. The number of hydrogen-bond donors (Lipinski definition) is 4. The average Bonchev–Trinajstić information content (AvgIpc) is 3.60. The normalized spacial score (nSPS) is 12.1. The maximum Gasteiger partial charge on any atom is 0.340 e. The standard InChI is InChI=1S/C53H34O10/c54-49(55)37-19-11-23-45(47(37)51(58)59)62-43-27-25-33(29-39(43)31-13-3-1-4-14-31)53(41-21-9-7-17-35(41)36-18-8-10-22-42(36)53)34-26-28-44(40(30-34)32-15-5-2-6-16-32)63-46-24-12-20-38(50(56)57)48(46)52(60)61/h1-30H,(H,54,55)(H,56,57)(H,58,59)(H,60,61). The van der Waals surface area contributed by atoms with Gasteiger partial charge < -0.3 is 29.9 Å². The van der Waals surface area contributed by atoms with Crippen molar-refractivity contribution >= 4 is 23.9 Å². The molecule has 1 aliphatic carbocycles. The number of ether oxygens (including phenoxy) is 2. The maximum atomic E-state index is 12.5. The predicted octanol–water partition coefficient (Wildman–Crippen LogP) is 11.8. The fourth-order valence-corrected chi connectivity index (χ4v) is 8.68. The van der Waals surface area contributed by atoms with Crippen LogP contribution in [0.5, 0.6) is 23.0 Å². The lowest BCUT2D eigenvalue weighted by molar-refractivity contribution is 0.0649. The van der Waals surface area contributed by atoms with Crippen molar-refractivity contribution in [1.29, 1.82) is 0 Å². The Labute approximate surface area is 360 Å². The minimum atomic E-state index is -1.45. The van der Waals surface area contributed by atoms with E-state index in [0.29, 0.717) is 11.1 Å². The zero-order valence-corrected chi connectivity index (χ0v) is 33.1. The molecular formula is C53H34O10. The molecule has 8 aromatic carbocycles. The number of fused-ring (bicyclic) bond motifs is 3. The van der Waals surface area contributed by atoms with Crippen molar-refractivity contribution in [3.8, 4) is 56.4 Å². The lowest BCUT2D eigenvalue weighted by atomic mass is 9.67. The molecule has 0 bridgehead atoms. The average molecular weight is 831 g/mol. The van der Waals surface area contributed by atoms with E-state index in [9.17, 15) is 39.6 Å². The second kappa shape index (κ2) is 16.0. The molecule has 4 N–H and O–H groups in total. The Kier molecular flexibility index (Phi) is 10.1. The van der Waals surface area contributed by atoms with Gasteiger partial charge in [-0.2, -0.15) is 0 Å². The van der Waals surface area contributed by atoms with Crippen LogP contribution in [0.2, 0.25) is 0 Å². The molecule has 63 heavy (non-hydrogen) atoms. The smallest absolute Gasteiger partial charge is 0.340 e. The summed E-state index contributed by atoms with van der Waals surface area (Å²) in [6.45, 7) is 0. The number of aromatic carboxylic acids is 4. The fraction of sp³-hybridized carbons (Fsp3) is 0.0189. The summed E-state index contributed by atoms with van der Waals surface area (Å²) in [5.74, 6) is -5.40. The van der Waals surface area contributed by atoms with E-state index in [2.05, 4.69) is 24.3 Å². The topological polar surface area (TPSA) is 168 Å². The molecule has 0 unspecified atom stereocenters. The molecule has 1 aliphatic rings. The zero-order valence-electron chi connectivity index (χ0n) is 33.1. The van der Waals surface area contributed by atoms with E-state index in [0.717, 1.165) is 44.5 Å². The Morgan fingerprint density at radius 3 is 1.11 bits per heavy atom. The van der Waals surface area contributed by atoms with Gasteiger partial charge in [0.2, 0.25) is 0 Å². The van der Waals surface area contributed by atoms with Gasteiger partial charge in [0.15, 0.2) is 0 Å². The minimum Gasteiger partial charge on any atom is -0.478 e. The Morgan fingerprint density at radius 1 is 0.349 bits per heavy atom. The van der Waals surface area contributed by atoms with Crippen LogP contribution in [0.15, 0.2) is 182 Å². The van der Waals surface area contributed by atoms with Crippen molar-refractivity contribution in [3.63, 3.8) is 0 Å². The Hall–Kier alpha value is -8.76. The van der Waals surface area contributed by atoms with Crippen molar-refractivity contribution in [2.45, 2.75) is 5.41 Å². The van der Waals surface area contributed by atoms with E-state index in [1.165, 1.54) is 36.4 Å². The monoisotopic (exact) mass is 830 g/mol. The first-order chi connectivity index (χ1) is 30.6. The summed E-state index contributed by atoms with van der Waals surface area (Å²) in [7, 11) is 0. The van der Waals surface area contributed by atoms with E-state index in [1.54, 1.807) is 12.1 Å². The molecule has 8 aromatic rings. The molecule has 0 aromatic heterocycles. The molecule has 0 fully saturated rings. The van der Waals surface area contributed by atoms with Gasteiger partial charge >= 0.3 is 23.9 Å². The molecule has 9 rings (SSSR count). The number of rotatable bonds is 12. The molecular weight excluding hydrogens is 797 g/mol. The van der Waals surface area contributed by atoms with E-state index >= 15 is 0 Å². The highest BCUT2D eigenvalue weighted by Gasteiger charge is 2.46. The van der Waals surface area contributed by atoms with Crippen LogP contribution in [-0.2, 0) is 5.41 Å². The van der Waals surface area contributed by atoms with Gasteiger partial charge in [-0.1, -0.05) is 133 Å². The van der Waals surface area contributed by atoms with Crippen LogP contribution in [0.25, 0.3) is 33.4 Å². The molecule has 0 saturated heterocycles. The summed E-state index contributed by atoms with van der Waals surface area (Å²) in [5, 5.41) is 40.1. The lowest BCUT2D eigenvalue weighted by Gasteiger charge is -2.35. The van der Waals surface area contributed by atoms with E-state index in [-0.39, 0.29) is 23.0 Å². The summed E-state index contributed by atoms with van der Waals surface area (Å²) in [6, 6.07) is 54.7. The second-order valence-corrected chi connectivity index (χ2v) is 14.8. The summed E-state index contributed by atoms with van der Waals surface area (Å²) in [5.41, 5.74) is 5.50. The zero-order chi connectivity index (χ0) is 43.8. The van der Waals surface area contributed by atoms with Gasteiger partial charge in [0, 0.05) is 11.1 Å². The number of carbonyl (C=O) groups is 4. The molecule has 306 valence electrons. The number of hydrogen-bond acceptors (Lipinski definition) is 6. The summed E-state index contributed by atoms with van der Waals surface area (Å²) >= 11 is 0. The molecule has 0 radical (unpaired) electrons. The van der Waals surface area contributed by atoms with Crippen LogP contribution >= 0.6 is 0 Å². The predicted molar refractivity (Wildman–Crippen MR) is 235 cm³/mol. The molecule has 0 aliphatic heterocycles. The quantitative estimate of drug-likeness (QED) is 0.0930. The largest absolute Gasteiger partial charge is 0.478 e. The molecule has 0 saturated carbocycles. The summed E-state index contributed by atoms with van der Waals surface area (Å²) in [4.78, 5) is 49.2. The summed E-state index contributed by atoms with van der Waals surface area (Å²) in [6.07, 6.45) is 0. The lowest BCUT2D eigenvalue weighted by Crippen LogP contribution is -2.28. The number of carboxylic acid groups (broad SMARTS) is 4. The first kappa shape index (κ1) is 39.7. The Morgan fingerprint density at radius 2 is 0.730 bits per heavy atom. The third kappa shape index (κ3) is 6.81.